The van der Waals surface area contributed by atoms with E-state index in [2.05, 4.69) is 0 Å². The Labute approximate surface area is 295 Å². The third-order valence-electron chi connectivity index (χ3n) is 7.44. The number of benzene rings is 4. The predicted molar refractivity (Wildman–Crippen MR) is 182 cm³/mol. The summed E-state index contributed by atoms with van der Waals surface area (Å²) in [5.41, 5.74) is 0.490. The van der Waals surface area contributed by atoms with E-state index in [-0.39, 0.29) is 47.2 Å². The Bertz CT molecular complexity index is 1860. The zero-order chi connectivity index (χ0) is 36.1. The molecule has 5 rings (SSSR count). The standard InChI is InChI=1S/C20H19Cl2NO2.C15H11ClF3NO4/c1-13-18(14-7-5-4-6-8-14)19(24)23(12-25-13)20(2,3)15-9-16(21)11-17(22)10-15;1-2-23-14-8-10(4-5-12(14)20(21)22)24-13-6-3-9(7-11(13)16)15(17,18)19/h4-11H,12H2,1-3H3;3-8H,2H2,1H3. The normalized spacial score (nSPS) is 13.3. The zero-order valence-electron chi connectivity index (χ0n) is 26.6. The van der Waals surface area contributed by atoms with E-state index in [1.807, 2.05) is 63.2 Å². The van der Waals surface area contributed by atoms with Gasteiger partial charge in [0.05, 0.1) is 33.2 Å². The first kappa shape index (κ1) is 37.4. The van der Waals surface area contributed by atoms with Crippen LogP contribution in [-0.2, 0) is 21.2 Å². The van der Waals surface area contributed by atoms with Crippen LogP contribution in [0.4, 0.5) is 18.9 Å². The van der Waals surface area contributed by atoms with Gasteiger partial charge in [-0.2, -0.15) is 13.2 Å². The molecule has 49 heavy (non-hydrogen) atoms. The smallest absolute Gasteiger partial charge is 0.416 e. The molecule has 4 aromatic carbocycles. The van der Waals surface area contributed by atoms with Crippen LogP contribution in [0.15, 0.2) is 90.7 Å². The van der Waals surface area contributed by atoms with Crippen LogP contribution in [-0.4, -0.2) is 29.1 Å². The van der Waals surface area contributed by atoms with Crippen molar-refractivity contribution in [3.8, 4) is 17.2 Å². The van der Waals surface area contributed by atoms with E-state index in [0.717, 1.165) is 29.3 Å². The lowest BCUT2D eigenvalue weighted by Gasteiger charge is -2.42. The Morgan fingerprint density at radius 3 is 2.12 bits per heavy atom. The summed E-state index contributed by atoms with van der Waals surface area (Å²) in [7, 11) is 0. The zero-order valence-corrected chi connectivity index (χ0v) is 28.9. The Hall–Kier alpha value is -4.45. The SMILES string of the molecule is CC1=C(c2ccccc2)C(=O)N(C(C)(C)c2cc(Cl)cc(Cl)c2)CO1.CCOc1cc(Oc2ccc(C(F)(F)F)cc2Cl)ccc1[N+](=O)[O-]. The number of allylic oxidation sites excluding steroid dienone is 1. The fraction of sp³-hybridized carbons (Fsp3) is 0.229. The summed E-state index contributed by atoms with van der Waals surface area (Å²) in [6.45, 7) is 7.77. The summed E-state index contributed by atoms with van der Waals surface area (Å²) in [6.07, 6.45) is -4.52. The molecule has 0 bridgehead atoms. The minimum Gasteiger partial charge on any atom is -0.487 e. The van der Waals surface area contributed by atoms with E-state index in [9.17, 15) is 28.1 Å². The summed E-state index contributed by atoms with van der Waals surface area (Å²) in [4.78, 5) is 25.2. The first-order valence-electron chi connectivity index (χ1n) is 14.7. The van der Waals surface area contributed by atoms with Crippen molar-refractivity contribution in [1.82, 2.24) is 4.90 Å². The van der Waals surface area contributed by atoms with E-state index >= 15 is 0 Å². The number of alkyl halides is 3. The number of hydrogen-bond acceptors (Lipinski definition) is 6. The number of carbonyl (C=O) groups is 1. The maximum absolute atomic E-state index is 13.2. The van der Waals surface area contributed by atoms with Gasteiger partial charge in [0.1, 0.15) is 17.3 Å². The minimum atomic E-state index is -4.52. The quantitative estimate of drug-likeness (QED) is 0.132. The van der Waals surface area contributed by atoms with E-state index in [1.165, 1.54) is 18.2 Å². The lowest BCUT2D eigenvalue weighted by molar-refractivity contribution is -0.385. The van der Waals surface area contributed by atoms with Gasteiger partial charge in [-0.15, -0.1) is 0 Å². The molecule has 0 radical (unpaired) electrons. The molecule has 4 aromatic rings. The third-order valence-corrected chi connectivity index (χ3v) is 8.17. The average molecular weight is 738 g/mol. The molecule has 14 heteroatoms. The predicted octanol–water partition coefficient (Wildman–Crippen LogP) is 10.9. The van der Waals surface area contributed by atoms with Crippen molar-refractivity contribution in [1.29, 1.82) is 0 Å². The Kier molecular flexibility index (Phi) is 11.7. The van der Waals surface area contributed by atoms with Crippen LogP contribution in [0.2, 0.25) is 15.1 Å². The van der Waals surface area contributed by atoms with Crippen molar-refractivity contribution in [2.24, 2.45) is 0 Å². The fourth-order valence-electron chi connectivity index (χ4n) is 4.85. The average Bonchev–Trinajstić information content (AvgIpc) is 3.02. The van der Waals surface area contributed by atoms with Gasteiger partial charge in [0.2, 0.25) is 5.75 Å². The molecule has 1 aliphatic rings. The summed E-state index contributed by atoms with van der Waals surface area (Å²) >= 11 is 18.1. The highest BCUT2D eigenvalue weighted by Gasteiger charge is 2.39. The van der Waals surface area contributed by atoms with Crippen LogP contribution in [0.1, 0.15) is 44.4 Å². The molecule has 0 atom stereocenters. The summed E-state index contributed by atoms with van der Waals surface area (Å²) < 4.78 is 54.2. The van der Waals surface area contributed by atoms with Crippen molar-refractivity contribution < 1.29 is 37.1 Å². The van der Waals surface area contributed by atoms with Gasteiger partial charge in [-0.3, -0.25) is 19.8 Å². The molecule has 0 unspecified atom stereocenters. The van der Waals surface area contributed by atoms with Crippen LogP contribution < -0.4 is 9.47 Å². The molecule has 1 aliphatic heterocycles. The van der Waals surface area contributed by atoms with Gasteiger partial charge >= 0.3 is 11.9 Å². The summed E-state index contributed by atoms with van der Waals surface area (Å²) in [6, 6.07) is 21.3. The second-order valence-corrected chi connectivity index (χ2v) is 12.4. The molecule has 0 aromatic heterocycles. The molecule has 258 valence electrons. The minimum absolute atomic E-state index is 0.0111. The molecule has 8 nitrogen and oxygen atoms in total. The molecule has 1 amide bonds. The molecular weight excluding hydrogens is 708 g/mol. The van der Waals surface area contributed by atoms with Crippen molar-refractivity contribution in [2.45, 2.75) is 39.4 Å². The molecular formula is C35H30Cl3F3N2O6. The molecule has 0 saturated heterocycles. The molecule has 0 N–H and O–H groups in total. The number of rotatable bonds is 8. The lowest BCUT2D eigenvalue weighted by Crippen LogP contribution is -2.49. The van der Waals surface area contributed by atoms with Crippen LogP contribution >= 0.6 is 34.8 Å². The van der Waals surface area contributed by atoms with Gasteiger partial charge in [0, 0.05) is 22.2 Å². The van der Waals surface area contributed by atoms with E-state index in [4.69, 9.17) is 49.0 Å². The van der Waals surface area contributed by atoms with E-state index < -0.39 is 22.2 Å². The second kappa shape index (κ2) is 15.4. The number of carbonyl (C=O) groups excluding carboxylic acids is 1. The van der Waals surface area contributed by atoms with Crippen LogP contribution in [0.25, 0.3) is 5.57 Å². The van der Waals surface area contributed by atoms with Gasteiger partial charge in [0.15, 0.2) is 6.73 Å². The number of hydrogen-bond donors (Lipinski definition) is 0. The molecule has 0 saturated carbocycles. The molecule has 0 spiro atoms. The van der Waals surface area contributed by atoms with Gasteiger partial charge in [-0.1, -0.05) is 65.1 Å². The van der Waals surface area contributed by atoms with Crippen LogP contribution in [0.5, 0.6) is 17.2 Å². The number of nitro groups is 1. The molecule has 1 heterocycles. The first-order chi connectivity index (χ1) is 23.0. The first-order valence-corrected chi connectivity index (χ1v) is 15.8. The number of nitrogens with zero attached hydrogens (tertiary/aromatic N) is 2. The fourth-order valence-corrected chi connectivity index (χ4v) is 5.60. The topological polar surface area (TPSA) is 91.1 Å². The Balaban J connectivity index is 0.000000221. The van der Waals surface area contributed by atoms with E-state index in [1.54, 1.807) is 17.9 Å². The third kappa shape index (κ3) is 8.97. The highest BCUT2D eigenvalue weighted by Crippen LogP contribution is 2.39. The van der Waals surface area contributed by atoms with Crippen LogP contribution in [0, 0.1) is 10.1 Å². The second-order valence-electron chi connectivity index (χ2n) is 11.1. The van der Waals surface area contributed by atoms with Crippen LogP contribution in [0.3, 0.4) is 0 Å². The van der Waals surface area contributed by atoms with Crippen molar-refractivity contribution in [3.63, 3.8) is 0 Å². The summed E-state index contributed by atoms with van der Waals surface area (Å²) in [5, 5.41) is 11.7. The number of ether oxygens (including phenoxy) is 3. The summed E-state index contributed by atoms with van der Waals surface area (Å²) in [5.74, 6) is 0.679. The largest absolute Gasteiger partial charge is 0.487 e. The lowest BCUT2D eigenvalue weighted by atomic mass is 9.90. The van der Waals surface area contributed by atoms with Crippen molar-refractivity contribution >= 4 is 52.0 Å². The Morgan fingerprint density at radius 1 is 0.898 bits per heavy atom. The van der Waals surface area contributed by atoms with E-state index in [0.29, 0.717) is 21.4 Å². The van der Waals surface area contributed by atoms with Crippen molar-refractivity contribution in [3.05, 3.63) is 133 Å². The molecule has 0 aliphatic carbocycles. The van der Waals surface area contributed by atoms with Gasteiger partial charge in [0.25, 0.3) is 5.91 Å². The highest BCUT2D eigenvalue weighted by molar-refractivity contribution is 6.34. The number of amides is 1. The number of halogens is 6. The maximum Gasteiger partial charge on any atom is 0.416 e. The Morgan fingerprint density at radius 2 is 1.55 bits per heavy atom. The maximum atomic E-state index is 13.2. The molecule has 0 fully saturated rings. The van der Waals surface area contributed by atoms with Gasteiger partial charge in [-0.05, 0) is 81.3 Å². The van der Waals surface area contributed by atoms with Crippen molar-refractivity contribution in [2.75, 3.05) is 13.3 Å². The van der Waals surface area contributed by atoms with Gasteiger partial charge < -0.3 is 14.2 Å². The highest BCUT2D eigenvalue weighted by atomic mass is 35.5. The van der Waals surface area contributed by atoms with Gasteiger partial charge in [-0.25, -0.2) is 0 Å². The number of nitro benzene ring substituents is 1. The monoisotopic (exact) mass is 736 g/mol.